The molecule has 1 fully saturated rings. The number of aliphatic hydroxyl groups is 1. The second-order valence-electron chi connectivity index (χ2n) is 3.90. The van der Waals surface area contributed by atoms with Gasteiger partial charge < -0.3 is 10.4 Å². The van der Waals surface area contributed by atoms with Crippen LogP contribution >= 0.6 is 0 Å². The van der Waals surface area contributed by atoms with Gasteiger partial charge in [0.1, 0.15) is 0 Å². The van der Waals surface area contributed by atoms with E-state index in [1.54, 1.807) is 0 Å². The van der Waals surface area contributed by atoms with Crippen molar-refractivity contribution in [1.82, 2.24) is 5.32 Å². The summed E-state index contributed by atoms with van der Waals surface area (Å²) in [4.78, 5) is 0. The summed E-state index contributed by atoms with van der Waals surface area (Å²) in [5.41, 5.74) is -0.548. The summed E-state index contributed by atoms with van der Waals surface area (Å²) < 4.78 is 0. The number of nitriles is 1. The van der Waals surface area contributed by atoms with Crippen LogP contribution in [0.1, 0.15) is 38.5 Å². The molecule has 1 aliphatic carbocycles. The predicted molar refractivity (Wildman–Crippen MR) is 51.1 cm³/mol. The molecule has 74 valence electrons. The summed E-state index contributed by atoms with van der Waals surface area (Å²) in [5, 5.41) is 21.4. The molecule has 3 nitrogen and oxygen atoms in total. The summed E-state index contributed by atoms with van der Waals surface area (Å²) in [7, 11) is 0. The highest BCUT2D eigenvalue weighted by Crippen LogP contribution is 2.26. The predicted octanol–water partition coefficient (Wildman–Crippen LogP) is 1.18. The zero-order chi connectivity index (χ0) is 9.57. The first-order valence-corrected chi connectivity index (χ1v) is 5.07. The lowest BCUT2D eigenvalue weighted by molar-refractivity contribution is 0.0263. The first kappa shape index (κ1) is 10.5. The minimum Gasteiger partial charge on any atom is -0.389 e. The Morgan fingerprint density at radius 2 is 1.85 bits per heavy atom. The van der Waals surface area contributed by atoms with E-state index in [0.717, 1.165) is 25.7 Å². The highest BCUT2D eigenvalue weighted by Gasteiger charge is 2.26. The lowest BCUT2D eigenvalue weighted by Crippen LogP contribution is -2.40. The average molecular weight is 182 g/mol. The normalized spacial score (nSPS) is 21.8. The first-order valence-electron chi connectivity index (χ1n) is 5.07. The molecule has 0 saturated heterocycles. The van der Waals surface area contributed by atoms with E-state index < -0.39 is 5.60 Å². The zero-order valence-corrected chi connectivity index (χ0v) is 8.05. The molecule has 0 aliphatic heterocycles. The quantitative estimate of drug-likeness (QED) is 0.391. The van der Waals surface area contributed by atoms with E-state index >= 15 is 0 Å². The van der Waals surface area contributed by atoms with Crippen LogP contribution in [0.15, 0.2) is 0 Å². The highest BCUT2D eigenvalue weighted by atomic mass is 16.3. The third kappa shape index (κ3) is 3.75. The smallest absolute Gasteiger partial charge is 0.0841 e. The molecule has 2 N–H and O–H groups in total. The van der Waals surface area contributed by atoms with Gasteiger partial charge in [-0.1, -0.05) is 25.7 Å². The van der Waals surface area contributed by atoms with Crippen molar-refractivity contribution in [3.8, 4) is 6.07 Å². The van der Waals surface area contributed by atoms with Crippen molar-refractivity contribution in [2.24, 2.45) is 0 Å². The first-order chi connectivity index (χ1) is 6.27. The number of nitrogens with one attached hydrogen (secondary N) is 1. The molecule has 0 heterocycles. The van der Waals surface area contributed by atoms with Gasteiger partial charge in [-0.2, -0.15) is 5.26 Å². The summed E-state index contributed by atoms with van der Waals surface area (Å²) >= 11 is 0. The molecular weight excluding hydrogens is 164 g/mol. The Labute approximate surface area is 79.8 Å². The van der Waals surface area contributed by atoms with Gasteiger partial charge in [0.15, 0.2) is 0 Å². The monoisotopic (exact) mass is 182 g/mol. The number of hydrogen-bond acceptors (Lipinski definition) is 3. The van der Waals surface area contributed by atoms with Gasteiger partial charge in [-0.15, -0.1) is 0 Å². The number of rotatable bonds is 3. The summed E-state index contributed by atoms with van der Waals surface area (Å²) in [6, 6.07) is 2.02. The molecule has 13 heavy (non-hydrogen) atoms. The minimum atomic E-state index is -0.548. The van der Waals surface area contributed by atoms with Crippen molar-refractivity contribution in [3.05, 3.63) is 0 Å². The van der Waals surface area contributed by atoms with Crippen LogP contribution in [-0.2, 0) is 0 Å². The highest BCUT2D eigenvalue weighted by molar-refractivity contribution is 4.85. The molecule has 0 bridgehead atoms. The molecule has 0 spiro atoms. The van der Waals surface area contributed by atoms with Gasteiger partial charge >= 0.3 is 0 Å². The fraction of sp³-hybridized carbons (Fsp3) is 0.900. The van der Waals surface area contributed by atoms with Crippen LogP contribution in [0, 0.1) is 11.3 Å². The maximum absolute atomic E-state index is 10.1. The SMILES string of the molecule is N#CCNCC1(O)CCCCCC1. The van der Waals surface area contributed by atoms with Gasteiger partial charge in [-0.05, 0) is 12.8 Å². The Kier molecular flexibility index (Phi) is 4.20. The second-order valence-corrected chi connectivity index (χ2v) is 3.90. The lowest BCUT2D eigenvalue weighted by Gasteiger charge is -2.26. The van der Waals surface area contributed by atoms with Crippen LogP contribution < -0.4 is 5.32 Å². The maximum Gasteiger partial charge on any atom is 0.0841 e. The van der Waals surface area contributed by atoms with E-state index in [1.807, 2.05) is 6.07 Å². The van der Waals surface area contributed by atoms with E-state index in [0.29, 0.717) is 13.1 Å². The molecule has 0 amide bonds. The van der Waals surface area contributed by atoms with Gasteiger partial charge in [0.25, 0.3) is 0 Å². The van der Waals surface area contributed by atoms with E-state index in [4.69, 9.17) is 5.26 Å². The van der Waals surface area contributed by atoms with Crippen molar-refractivity contribution in [2.45, 2.75) is 44.1 Å². The van der Waals surface area contributed by atoms with Gasteiger partial charge in [0.05, 0.1) is 18.2 Å². The Bertz CT molecular complexity index is 178. The van der Waals surface area contributed by atoms with Crippen molar-refractivity contribution in [2.75, 3.05) is 13.1 Å². The van der Waals surface area contributed by atoms with Gasteiger partial charge in [0, 0.05) is 6.54 Å². The Morgan fingerprint density at radius 3 is 2.38 bits per heavy atom. The van der Waals surface area contributed by atoms with Crippen LogP contribution in [0.5, 0.6) is 0 Å². The van der Waals surface area contributed by atoms with Crippen molar-refractivity contribution < 1.29 is 5.11 Å². The maximum atomic E-state index is 10.1. The summed E-state index contributed by atoms with van der Waals surface area (Å²) in [6.07, 6.45) is 6.47. The molecule has 0 aromatic carbocycles. The minimum absolute atomic E-state index is 0.336. The van der Waals surface area contributed by atoms with Gasteiger partial charge in [-0.3, -0.25) is 0 Å². The Morgan fingerprint density at radius 1 is 1.23 bits per heavy atom. The van der Waals surface area contributed by atoms with Crippen molar-refractivity contribution in [3.63, 3.8) is 0 Å². The second kappa shape index (κ2) is 5.21. The molecular formula is C10H18N2O. The summed E-state index contributed by atoms with van der Waals surface area (Å²) in [5.74, 6) is 0. The Hall–Kier alpha value is -0.590. The molecule has 0 unspecified atom stereocenters. The van der Waals surface area contributed by atoms with Crippen LogP contribution in [0.3, 0.4) is 0 Å². The van der Waals surface area contributed by atoms with Crippen molar-refractivity contribution in [1.29, 1.82) is 5.26 Å². The molecule has 1 saturated carbocycles. The molecule has 1 aliphatic rings. The number of nitrogens with zero attached hydrogens (tertiary/aromatic N) is 1. The van der Waals surface area contributed by atoms with Gasteiger partial charge in [0.2, 0.25) is 0 Å². The molecule has 0 aromatic heterocycles. The van der Waals surface area contributed by atoms with Gasteiger partial charge in [-0.25, -0.2) is 0 Å². The fourth-order valence-corrected chi connectivity index (χ4v) is 1.91. The third-order valence-electron chi connectivity index (χ3n) is 2.69. The summed E-state index contributed by atoms with van der Waals surface area (Å²) in [6.45, 7) is 0.906. The molecule has 3 heteroatoms. The Balaban J connectivity index is 2.30. The van der Waals surface area contributed by atoms with E-state index in [9.17, 15) is 5.11 Å². The van der Waals surface area contributed by atoms with Crippen LogP contribution in [0.25, 0.3) is 0 Å². The average Bonchev–Trinajstić information content (AvgIpc) is 2.31. The van der Waals surface area contributed by atoms with Crippen LogP contribution in [0.4, 0.5) is 0 Å². The third-order valence-corrected chi connectivity index (χ3v) is 2.69. The lowest BCUT2D eigenvalue weighted by atomic mass is 9.94. The van der Waals surface area contributed by atoms with E-state index in [1.165, 1.54) is 12.8 Å². The molecule has 0 aromatic rings. The van der Waals surface area contributed by atoms with E-state index in [-0.39, 0.29) is 0 Å². The standard InChI is InChI=1S/C10H18N2O/c11-7-8-12-9-10(13)5-3-1-2-4-6-10/h12-13H,1-6,8-9H2. The fourth-order valence-electron chi connectivity index (χ4n) is 1.91. The van der Waals surface area contributed by atoms with E-state index in [2.05, 4.69) is 5.32 Å². The topological polar surface area (TPSA) is 56.0 Å². The molecule has 0 radical (unpaired) electrons. The van der Waals surface area contributed by atoms with Crippen molar-refractivity contribution >= 4 is 0 Å². The van der Waals surface area contributed by atoms with Crippen LogP contribution in [0.2, 0.25) is 0 Å². The zero-order valence-electron chi connectivity index (χ0n) is 8.05. The molecule has 1 rings (SSSR count). The number of hydrogen-bond donors (Lipinski definition) is 2. The largest absolute Gasteiger partial charge is 0.389 e. The van der Waals surface area contributed by atoms with Crippen LogP contribution in [-0.4, -0.2) is 23.8 Å². The molecule has 0 atom stereocenters.